The van der Waals surface area contributed by atoms with Gasteiger partial charge in [0.15, 0.2) is 0 Å². The van der Waals surface area contributed by atoms with Gasteiger partial charge in [-0.3, -0.25) is 4.79 Å². The van der Waals surface area contributed by atoms with Crippen molar-refractivity contribution in [1.82, 2.24) is 0 Å². The number of fused-ring (bicyclic) bond motifs is 1. The van der Waals surface area contributed by atoms with Gasteiger partial charge in [0.05, 0.1) is 5.92 Å². The zero-order valence-electron chi connectivity index (χ0n) is 13.3. The molecule has 0 saturated carbocycles. The minimum Gasteiger partial charge on any atom is -0.458 e. The summed E-state index contributed by atoms with van der Waals surface area (Å²) < 4.78 is 10.8. The van der Waals surface area contributed by atoms with Crippen molar-refractivity contribution in [2.24, 2.45) is 11.8 Å². The molecule has 5 nitrogen and oxygen atoms in total. The van der Waals surface area contributed by atoms with E-state index < -0.39 is 18.0 Å². The number of Topliss-reactive ketones (excluding diaryl/α,β-unsaturated/α-hetero) is 1. The molecule has 4 atom stereocenters. The van der Waals surface area contributed by atoms with Crippen LogP contribution in [-0.4, -0.2) is 29.9 Å². The molecule has 22 heavy (non-hydrogen) atoms. The molecule has 2 rings (SSSR count). The van der Waals surface area contributed by atoms with Gasteiger partial charge in [-0.1, -0.05) is 19.1 Å². The number of hydrogen-bond donors (Lipinski definition) is 0. The number of ketones is 1. The Morgan fingerprint density at radius 2 is 2.09 bits per heavy atom. The van der Waals surface area contributed by atoms with Gasteiger partial charge in [0.25, 0.3) is 0 Å². The van der Waals surface area contributed by atoms with Crippen LogP contribution in [0.4, 0.5) is 0 Å². The van der Waals surface area contributed by atoms with E-state index in [1.54, 1.807) is 6.92 Å². The zero-order valence-corrected chi connectivity index (χ0v) is 13.3. The van der Waals surface area contributed by atoms with E-state index in [0.29, 0.717) is 24.8 Å². The average Bonchev–Trinajstić information content (AvgIpc) is 2.60. The van der Waals surface area contributed by atoms with Crippen LogP contribution in [0.3, 0.4) is 0 Å². The molecule has 1 fully saturated rings. The number of esters is 2. The largest absolute Gasteiger partial charge is 0.458 e. The van der Waals surface area contributed by atoms with Crippen LogP contribution in [0.15, 0.2) is 23.8 Å². The summed E-state index contributed by atoms with van der Waals surface area (Å²) in [5.74, 6) is -0.884. The molecule has 1 aliphatic carbocycles. The normalized spacial score (nSPS) is 31.0. The third-order valence-electron chi connectivity index (χ3n) is 4.34. The van der Waals surface area contributed by atoms with Gasteiger partial charge in [0.1, 0.15) is 18.0 Å². The lowest BCUT2D eigenvalue weighted by atomic mass is 9.89. The van der Waals surface area contributed by atoms with Crippen LogP contribution in [0.5, 0.6) is 0 Å². The lowest BCUT2D eigenvalue weighted by Gasteiger charge is -2.22. The van der Waals surface area contributed by atoms with E-state index in [2.05, 4.69) is 6.58 Å². The molecule has 1 saturated heterocycles. The standard InChI is InChI=1S/C17H22O5/c1-9-7-14-16(11(3)17(20)22-14)15(21-12(4)19)8-13(9)6-5-10(2)18/h8-9,14-16H,3,5-7H2,1-2,4H3/t9-,14+,15-,16+/m0/s1. The monoisotopic (exact) mass is 306 g/mol. The van der Waals surface area contributed by atoms with Gasteiger partial charge in [0.2, 0.25) is 0 Å². The first-order valence-electron chi connectivity index (χ1n) is 7.56. The smallest absolute Gasteiger partial charge is 0.334 e. The van der Waals surface area contributed by atoms with E-state index in [4.69, 9.17) is 9.47 Å². The second-order valence-corrected chi connectivity index (χ2v) is 6.15. The highest BCUT2D eigenvalue weighted by atomic mass is 16.6. The Bertz CT molecular complexity index is 545. The Morgan fingerprint density at radius 1 is 1.41 bits per heavy atom. The summed E-state index contributed by atoms with van der Waals surface area (Å²) >= 11 is 0. The van der Waals surface area contributed by atoms with Gasteiger partial charge in [-0.15, -0.1) is 0 Å². The molecule has 0 aromatic rings. The average molecular weight is 306 g/mol. The van der Waals surface area contributed by atoms with Gasteiger partial charge in [0, 0.05) is 18.9 Å². The molecule has 0 radical (unpaired) electrons. The molecule has 0 unspecified atom stereocenters. The van der Waals surface area contributed by atoms with Crippen LogP contribution in [0, 0.1) is 11.8 Å². The molecular weight excluding hydrogens is 284 g/mol. The van der Waals surface area contributed by atoms with Crippen LogP contribution in [-0.2, 0) is 23.9 Å². The number of rotatable bonds is 4. The number of allylic oxidation sites excluding steroid dienone is 1. The Balaban J connectivity index is 2.30. The maximum atomic E-state index is 11.8. The first kappa shape index (κ1) is 16.5. The van der Waals surface area contributed by atoms with E-state index in [1.165, 1.54) is 6.92 Å². The predicted octanol–water partition coefficient (Wildman–Crippen LogP) is 2.35. The molecule has 0 aromatic heterocycles. The van der Waals surface area contributed by atoms with Crippen molar-refractivity contribution in [3.63, 3.8) is 0 Å². The minimum absolute atomic E-state index is 0.123. The molecule has 0 N–H and O–H groups in total. The third-order valence-corrected chi connectivity index (χ3v) is 4.34. The summed E-state index contributed by atoms with van der Waals surface area (Å²) in [6.07, 6.45) is 2.73. The van der Waals surface area contributed by atoms with E-state index in [-0.39, 0.29) is 23.7 Å². The van der Waals surface area contributed by atoms with Crippen LogP contribution >= 0.6 is 0 Å². The number of carbonyl (C=O) groups excluding carboxylic acids is 3. The Morgan fingerprint density at radius 3 is 2.68 bits per heavy atom. The number of carbonyl (C=O) groups is 3. The fourth-order valence-electron chi connectivity index (χ4n) is 3.18. The van der Waals surface area contributed by atoms with Gasteiger partial charge in [-0.2, -0.15) is 0 Å². The third kappa shape index (κ3) is 3.46. The Hall–Kier alpha value is -1.91. The zero-order chi connectivity index (χ0) is 16.4. The number of hydrogen-bond acceptors (Lipinski definition) is 5. The topological polar surface area (TPSA) is 69.7 Å². The highest BCUT2D eigenvalue weighted by Gasteiger charge is 2.46. The van der Waals surface area contributed by atoms with Crippen molar-refractivity contribution < 1.29 is 23.9 Å². The van der Waals surface area contributed by atoms with Crippen molar-refractivity contribution in [3.05, 3.63) is 23.8 Å². The van der Waals surface area contributed by atoms with E-state index in [9.17, 15) is 14.4 Å². The Kier molecular flexibility index (Phi) is 4.84. The molecule has 1 heterocycles. The highest BCUT2D eigenvalue weighted by molar-refractivity contribution is 5.91. The summed E-state index contributed by atoms with van der Waals surface area (Å²) in [7, 11) is 0. The van der Waals surface area contributed by atoms with Crippen LogP contribution in [0.2, 0.25) is 0 Å². The van der Waals surface area contributed by atoms with Gasteiger partial charge in [-0.25, -0.2) is 4.79 Å². The maximum Gasteiger partial charge on any atom is 0.334 e. The lowest BCUT2D eigenvalue weighted by Crippen LogP contribution is -2.30. The van der Waals surface area contributed by atoms with Crippen LogP contribution < -0.4 is 0 Å². The van der Waals surface area contributed by atoms with Crippen molar-refractivity contribution in [3.8, 4) is 0 Å². The summed E-state index contributed by atoms with van der Waals surface area (Å²) in [5.41, 5.74) is 1.42. The first-order chi connectivity index (χ1) is 10.3. The molecular formula is C17H22O5. The highest BCUT2D eigenvalue weighted by Crippen LogP contribution is 2.40. The summed E-state index contributed by atoms with van der Waals surface area (Å²) in [5, 5.41) is 0. The molecule has 120 valence electrons. The van der Waals surface area contributed by atoms with Gasteiger partial charge < -0.3 is 14.3 Å². The quantitative estimate of drug-likeness (QED) is 0.453. The summed E-state index contributed by atoms with van der Waals surface area (Å²) in [6.45, 7) is 8.73. The van der Waals surface area contributed by atoms with Crippen molar-refractivity contribution in [2.45, 2.75) is 52.2 Å². The molecule has 0 bridgehead atoms. The summed E-state index contributed by atoms with van der Waals surface area (Å²) in [6, 6.07) is 0. The maximum absolute atomic E-state index is 11.8. The Labute approximate surface area is 130 Å². The molecule has 0 aromatic carbocycles. The lowest BCUT2D eigenvalue weighted by molar-refractivity contribution is -0.147. The van der Waals surface area contributed by atoms with Crippen LogP contribution in [0.1, 0.15) is 40.0 Å². The summed E-state index contributed by atoms with van der Waals surface area (Å²) in [4.78, 5) is 34.4. The van der Waals surface area contributed by atoms with E-state index in [1.807, 2.05) is 13.0 Å². The SMILES string of the molecule is C=C1C(=O)O[C@@H]2C[C@H](C)C(CCC(C)=O)=C[C@H](OC(C)=O)[C@H]12. The minimum atomic E-state index is -0.562. The van der Waals surface area contributed by atoms with Gasteiger partial charge >= 0.3 is 11.9 Å². The molecule has 1 aliphatic heterocycles. The van der Waals surface area contributed by atoms with E-state index >= 15 is 0 Å². The molecule has 5 heteroatoms. The second-order valence-electron chi connectivity index (χ2n) is 6.15. The number of ether oxygens (including phenoxy) is 2. The van der Waals surface area contributed by atoms with Crippen LogP contribution in [0.25, 0.3) is 0 Å². The van der Waals surface area contributed by atoms with Crippen molar-refractivity contribution in [1.29, 1.82) is 0 Å². The second kappa shape index (κ2) is 6.46. The molecule has 2 aliphatic rings. The fourth-order valence-corrected chi connectivity index (χ4v) is 3.18. The predicted molar refractivity (Wildman–Crippen MR) is 79.8 cm³/mol. The first-order valence-corrected chi connectivity index (χ1v) is 7.56. The molecule has 0 spiro atoms. The molecule has 0 amide bonds. The fraction of sp³-hybridized carbons (Fsp3) is 0.588. The van der Waals surface area contributed by atoms with E-state index in [0.717, 1.165) is 5.57 Å². The van der Waals surface area contributed by atoms with Crippen molar-refractivity contribution in [2.75, 3.05) is 0 Å². The van der Waals surface area contributed by atoms with Crippen molar-refractivity contribution >= 4 is 17.7 Å². The van der Waals surface area contributed by atoms with Gasteiger partial charge in [-0.05, 0) is 31.8 Å².